The molecule has 22 heavy (non-hydrogen) atoms. The number of carbonyl (C=O) groups excluding carboxylic acids is 1. The number of Topliss-reactive ketones (excluding diaryl/α,β-unsaturated/α-hetero) is 1. The van der Waals surface area contributed by atoms with E-state index in [0.29, 0.717) is 12.0 Å². The first-order chi connectivity index (χ1) is 10.6. The van der Waals surface area contributed by atoms with Crippen LogP contribution in [0.1, 0.15) is 34.2 Å². The molecule has 0 unspecified atom stereocenters. The Morgan fingerprint density at radius 2 is 2.09 bits per heavy atom. The lowest BCUT2D eigenvalue weighted by Gasteiger charge is -2.04. The van der Waals surface area contributed by atoms with Gasteiger partial charge in [-0.15, -0.1) is 3.89 Å². The molecule has 0 aliphatic heterocycles. The monoisotopic (exact) mass is 314 g/mol. The van der Waals surface area contributed by atoms with Crippen molar-refractivity contribution < 1.29 is 8.68 Å². The largest absolute Gasteiger partial charge is 0.295 e. The molecule has 3 aromatic rings. The zero-order valence-corrected chi connectivity index (χ0v) is 13.2. The molecule has 112 valence electrons. The maximum Gasteiger partial charge on any atom is 0.170 e. The summed E-state index contributed by atoms with van der Waals surface area (Å²) >= 11 is 0.213. The van der Waals surface area contributed by atoms with Crippen LogP contribution in [-0.2, 0) is 6.42 Å². The number of hydrogen-bond acceptors (Lipinski definition) is 3. The van der Waals surface area contributed by atoms with Gasteiger partial charge in [-0.3, -0.25) is 13.8 Å². The van der Waals surface area contributed by atoms with E-state index < -0.39 is 0 Å². The summed E-state index contributed by atoms with van der Waals surface area (Å²) in [4.78, 5) is 15.7. The number of benzene rings is 1. The van der Waals surface area contributed by atoms with E-state index in [1.54, 1.807) is 23.2 Å². The summed E-state index contributed by atoms with van der Waals surface area (Å²) in [5.41, 5.74) is 4.34. The van der Waals surface area contributed by atoms with Crippen LogP contribution in [0.3, 0.4) is 0 Å². The summed E-state index contributed by atoms with van der Waals surface area (Å²) in [5.74, 6) is 0.0340. The number of halogens is 1. The Hall–Kier alpha value is -2.14. The molecule has 3 nitrogen and oxygen atoms in total. The van der Waals surface area contributed by atoms with Gasteiger partial charge in [-0.1, -0.05) is 6.07 Å². The third kappa shape index (κ3) is 2.76. The molecule has 0 amide bonds. The average molecular weight is 314 g/mol. The van der Waals surface area contributed by atoms with Crippen molar-refractivity contribution in [1.82, 2.24) is 8.96 Å². The lowest BCUT2D eigenvalue weighted by molar-refractivity contribution is 0.101. The molecule has 0 N–H and O–H groups in total. The van der Waals surface area contributed by atoms with E-state index in [1.165, 1.54) is 0 Å². The van der Waals surface area contributed by atoms with Crippen LogP contribution in [0.5, 0.6) is 0 Å². The number of rotatable bonds is 4. The SMILES string of the molecule is CC(=O)c1ccnc(Cc2ccc3c(c2)cc(C)n3SF)c1. The molecule has 2 aromatic heterocycles. The summed E-state index contributed by atoms with van der Waals surface area (Å²) in [7, 11) is 0. The molecule has 0 atom stereocenters. The maximum absolute atomic E-state index is 13.0. The van der Waals surface area contributed by atoms with Crippen molar-refractivity contribution >= 4 is 29.0 Å². The number of aryl methyl sites for hydroxylation is 1. The van der Waals surface area contributed by atoms with Gasteiger partial charge in [0.2, 0.25) is 0 Å². The molecule has 0 radical (unpaired) electrons. The number of ketones is 1. The molecule has 3 rings (SSSR count). The van der Waals surface area contributed by atoms with Crippen LogP contribution in [0.4, 0.5) is 3.89 Å². The van der Waals surface area contributed by atoms with E-state index in [-0.39, 0.29) is 18.1 Å². The average Bonchev–Trinajstić information content (AvgIpc) is 2.81. The van der Waals surface area contributed by atoms with Crippen molar-refractivity contribution in [1.29, 1.82) is 0 Å². The molecule has 0 aliphatic rings. The van der Waals surface area contributed by atoms with Gasteiger partial charge in [0.05, 0.1) is 5.52 Å². The van der Waals surface area contributed by atoms with Crippen LogP contribution >= 0.6 is 12.3 Å². The first-order valence-corrected chi connectivity index (χ1v) is 7.62. The fraction of sp³-hybridized carbons (Fsp3) is 0.176. The Balaban J connectivity index is 1.94. The van der Waals surface area contributed by atoms with Crippen molar-refractivity contribution in [2.75, 3.05) is 0 Å². The van der Waals surface area contributed by atoms with Gasteiger partial charge >= 0.3 is 0 Å². The van der Waals surface area contributed by atoms with Crippen molar-refractivity contribution in [3.05, 3.63) is 65.1 Å². The zero-order chi connectivity index (χ0) is 15.7. The van der Waals surface area contributed by atoms with Gasteiger partial charge in [0.25, 0.3) is 0 Å². The highest BCUT2D eigenvalue weighted by molar-refractivity contribution is 7.93. The molecule has 0 saturated heterocycles. The fourth-order valence-electron chi connectivity index (χ4n) is 2.58. The maximum atomic E-state index is 13.0. The minimum atomic E-state index is 0.0340. The molecule has 0 spiro atoms. The molecule has 0 bridgehead atoms. The van der Waals surface area contributed by atoms with E-state index in [1.807, 2.05) is 37.3 Å². The van der Waals surface area contributed by atoms with Crippen LogP contribution in [0.25, 0.3) is 10.9 Å². The lowest BCUT2D eigenvalue weighted by atomic mass is 10.1. The smallest absolute Gasteiger partial charge is 0.170 e. The zero-order valence-electron chi connectivity index (χ0n) is 12.3. The van der Waals surface area contributed by atoms with E-state index in [2.05, 4.69) is 4.98 Å². The third-order valence-corrected chi connectivity index (χ3v) is 4.30. The van der Waals surface area contributed by atoms with Gasteiger partial charge in [0, 0.05) is 35.0 Å². The summed E-state index contributed by atoms with van der Waals surface area (Å²) < 4.78 is 14.5. The summed E-state index contributed by atoms with van der Waals surface area (Å²) in [5, 5.41) is 1.00. The third-order valence-electron chi connectivity index (χ3n) is 3.67. The number of hydrogen-bond donors (Lipinski definition) is 0. The highest BCUT2D eigenvalue weighted by Crippen LogP contribution is 2.26. The molecular formula is C17H15FN2OS. The molecule has 0 fully saturated rings. The minimum absolute atomic E-state index is 0.0340. The van der Waals surface area contributed by atoms with E-state index in [0.717, 1.165) is 27.9 Å². The standard InChI is InChI=1S/C17H15FN2OS/c1-11-7-15-8-13(3-4-17(15)20(11)22-18)9-16-10-14(12(2)21)5-6-19-16/h3-8,10H,9H2,1-2H3. The van der Waals surface area contributed by atoms with E-state index in [4.69, 9.17) is 0 Å². The Kier molecular flexibility index (Phi) is 3.98. The van der Waals surface area contributed by atoms with Crippen LogP contribution in [-0.4, -0.2) is 14.7 Å². The number of pyridine rings is 1. The van der Waals surface area contributed by atoms with Crippen molar-refractivity contribution in [3.8, 4) is 0 Å². The van der Waals surface area contributed by atoms with Gasteiger partial charge in [-0.25, -0.2) is 0 Å². The van der Waals surface area contributed by atoms with Crippen LogP contribution in [0, 0.1) is 6.92 Å². The Morgan fingerprint density at radius 1 is 1.27 bits per heavy atom. The number of carbonyl (C=O) groups is 1. The topological polar surface area (TPSA) is 34.9 Å². The van der Waals surface area contributed by atoms with Crippen molar-refractivity contribution in [2.24, 2.45) is 0 Å². The second kappa shape index (κ2) is 5.93. The summed E-state index contributed by atoms with van der Waals surface area (Å²) in [6.45, 7) is 3.43. The second-order valence-corrected chi connectivity index (χ2v) is 5.81. The number of fused-ring (bicyclic) bond motifs is 1. The minimum Gasteiger partial charge on any atom is -0.295 e. The first-order valence-electron chi connectivity index (χ1n) is 6.94. The summed E-state index contributed by atoms with van der Waals surface area (Å²) in [6.07, 6.45) is 2.30. The fourth-order valence-corrected chi connectivity index (χ4v) is 2.98. The quantitative estimate of drug-likeness (QED) is 0.664. The molecule has 0 aliphatic carbocycles. The molecule has 1 aromatic carbocycles. The number of aromatic nitrogens is 2. The summed E-state index contributed by atoms with van der Waals surface area (Å²) in [6, 6.07) is 11.4. The molecule has 5 heteroatoms. The molecule has 0 saturated carbocycles. The predicted molar refractivity (Wildman–Crippen MR) is 87.8 cm³/mol. The molecule has 2 heterocycles. The van der Waals surface area contributed by atoms with Gasteiger partial charge in [0.1, 0.15) is 0 Å². The first kappa shape index (κ1) is 14.8. The van der Waals surface area contributed by atoms with Crippen LogP contribution in [0.2, 0.25) is 0 Å². The van der Waals surface area contributed by atoms with Gasteiger partial charge in [0.15, 0.2) is 18.1 Å². The van der Waals surface area contributed by atoms with Gasteiger partial charge in [-0.2, -0.15) is 0 Å². The van der Waals surface area contributed by atoms with Gasteiger partial charge in [-0.05, 0) is 49.7 Å². The van der Waals surface area contributed by atoms with E-state index >= 15 is 0 Å². The highest BCUT2D eigenvalue weighted by Gasteiger charge is 2.08. The van der Waals surface area contributed by atoms with Crippen molar-refractivity contribution in [3.63, 3.8) is 0 Å². The second-order valence-electron chi connectivity index (χ2n) is 5.31. The molecular weight excluding hydrogens is 299 g/mol. The van der Waals surface area contributed by atoms with Crippen molar-refractivity contribution in [2.45, 2.75) is 20.3 Å². The predicted octanol–water partition coefficient (Wildman–Crippen LogP) is 4.52. The Labute approximate surface area is 132 Å². The Morgan fingerprint density at radius 3 is 2.82 bits per heavy atom. The van der Waals surface area contributed by atoms with E-state index in [9.17, 15) is 8.68 Å². The highest BCUT2D eigenvalue weighted by atomic mass is 32.2. The van der Waals surface area contributed by atoms with Crippen LogP contribution < -0.4 is 0 Å². The lowest BCUT2D eigenvalue weighted by Crippen LogP contribution is -1.97. The normalized spacial score (nSPS) is 11.0. The number of nitrogens with zero attached hydrogens (tertiary/aromatic N) is 2. The Bertz CT molecular complexity index is 857. The van der Waals surface area contributed by atoms with Gasteiger partial charge < -0.3 is 0 Å². The van der Waals surface area contributed by atoms with Crippen LogP contribution in [0.15, 0.2) is 42.6 Å².